The summed E-state index contributed by atoms with van der Waals surface area (Å²) in [6.45, 7) is -0.224. The highest BCUT2D eigenvalue weighted by atomic mass is 32.1. The highest BCUT2D eigenvalue weighted by molar-refractivity contribution is 7.19. The van der Waals surface area contributed by atoms with Crippen LogP contribution in [0.5, 0.6) is 0 Å². The molecule has 1 aliphatic heterocycles. The summed E-state index contributed by atoms with van der Waals surface area (Å²) in [5, 5.41) is 19.4. The van der Waals surface area contributed by atoms with E-state index in [9.17, 15) is 31.5 Å². The molecule has 1 fully saturated rings. The smallest absolute Gasteiger partial charge is 0.409 e. The molecule has 0 bridgehead atoms. The first-order chi connectivity index (χ1) is 17.0. The lowest BCUT2D eigenvalue weighted by molar-refractivity contribution is -0.155. The largest absolute Gasteiger partial charge is 0.465 e. The fraction of sp³-hybridized carbons (Fsp3) is 0.300. The summed E-state index contributed by atoms with van der Waals surface area (Å²) in [5.74, 6) is -2.72. The predicted octanol–water partition coefficient (Wildman–Crippen LogP) is 3.50. The molecular weight excluding hydrogens is 513 g/mol. The number of thiazole rings is 1. The van der Waals surface area contributed by atoms with Crippen molar-refractivity contribution in [2.45, 2.75) is 12.2 Å². The van der Waals surface area contributed by atoms with Gasteiger partial charge in [-0.1, -0.05) is 17.4 Å². The first kappa shape index (κ1) is 25.3. The molecule has 0 spiro atoms. The number of halogens is 5. The molecule has 4 N–H and O–H groups in total. The molecule has 16 heteroatoms. The summed E-state index contributed by atoms with van der Waals surface area (Å²) >= 11 is 0.540. The zero-order valence-electron chi connectivity index (χ0n) is 18.4. The topological polar surface area (TPSA) is 124 Å². The lowest BCUT2D eigenvalue weighted by Crippen LogP contribution is -2.57. The Morgan fingerprint density at radius 1 is 1.22 bits per heavy atom. The predicted molar refractivity (Wildman–Crippen MR) is 120 cm³/mol. The maximum Gasteiger partial charge on any atom is 0.409 e. The van der Waals surface area contributed by atoms with E-state index in [4.69, 9.17) is 5.11 Å². The van der Waals surface area contributed by atoms with Gasteiger partial charge in [0.25, 0.3) is 5.91 Å². The number of hydrogen-bond donors (Lipinski definition) is 4. The third-order valence-electron chi connectivity index (χ3n) is 5.27. The van der Waals surface area contributed by atoms with Gasteiger partial charge < -0.3 is 20.6 Å². The van der Waals surface area contributed by atoms with Gasteiger partial charge in [-0.25, -0.2) is 18.6 Å². The molecule has 10 nitrogen and oxygen atoms in total. The number of aryl methyl sites for hydroxylation is 1. The number of anilines is 3. The average Bonchev–Trinajstić information content (AvgIpc) is 3.36. The molecular formula is C20H18F5N7O3S. The van der Waals surface area contributed by atoms with Gasteiger partial charge >= 0.3 is 12.3 Å². The number of hydrogen-bond acceptors (Lipinski definition) is 7. The summed E-state index contributed by atoms with van der Waals surface area (Å²) in [4.78, 5) is 29.6. The molecule has 2 amide bonds. The lowest BCUT2D eigenvalue weighted by Gasteiger charge is -2.36. The van der Waals surface area contributed by atoms with E-state index in [0.29, 0.717) is 11.3 Å². The molecule has 1 aliphatic rings. The fourth-order valence-electron chi connectivity index (χ4n) is 3.70. The monoisotopic (exact) mass is 531 g/mol. The molecule has 2 aromatic heterocycles. The third-order valence-corrected chi connectivity index (χ3v) is 6.25. The molecule has 1 saturated heterocycles. The first-order valence-corrected chi connectivity index (χ1v) is 11.1. The van der Waals surface area contributed by atoms with Crippen LogP contribution in [0.4, 0.5) is 43.3 Å². The number of carbonyl (C=O) groups excluding carboxylic acids is 1. The Balaban J connectivity index is 1.66. The molecule has 1 unspecified atom stereocenters. The number of carbonyl (C=O) groups is 2. The minimum Gasteiger partial charge on any atom is -0.465 e. The van der Waals surface area contributed by atoms with Crippen molar-refractivity contribution in [2.24, 2.45) is 7.05 Å². The number of nitrogens with one attached hydrogen (secondary N) is 3. The number of aromatic nitrogens is 3. The Labute approximate surface area is 203 Å². The van der Waals surface area contributed by atoms with Gasteiger partial charge in [0, 0.05) is 26.7 Å². The SMILES string of the molecule is Cn1ncc(NC(=O)c2nc(-c3c(F)cccc3F)sc2NC(=O)O)c1N1CCNC(C(F)(F)F)C1. The van der Waals surface area contributed by atoms with Gasteiger partial charge in [-0.3, -0.25) is 14.8 Å². The second-order valence-electron chi connectivity index (χ2n) is 7.68. The minimum atomic E-state index is -4.49. The van der Waals surface area contributed by atoms with Crippen LogP contribution in [0.15, 0.2) is 24.4 Å². The van der Waals surface area contributed by atoms with Crippen molar-refractivity contribution < 1.29 is 36.6 Å². The Kier molecular flexibility index (Phi) is 6.81. The number of rotatable bonds is 5. The van der Waals surface area contributed by atoms with Crippen LogP contribution in [-0.4, -0.2) is 63.7 Å². The zero-order chi connectivity index (χ0) is 26.2. The maximum atomic E-state index is 14.3. The standard InChI is InChI=1S/C20H18F5N7O3S/c1-31-18(32-6-5-26-12(8-32)20(23,24)25)11(7-27-31)28-15(33)14-17(30-19(34)35)36-16(29-14)13-9(21)3-2-4-10(13)22/h2-4,7,12,26,30H,5-6,8H2,1H3,(H,28,33)(H,34,35). The second kappa shape index (κ2) is 9.69. The molecule has 1 atom stereocenters. The molecule has 0 saturated carbocycles. The van der Waals surface area contributed by atoms with E-state index in [2.05, 4.69) is 20.7 Å². The second-order valence-corrected chi connectivity index (χ2v) is 8.68. The zero-order valence-corrected chi connectivity index (χ0v) is 19.2. The van der Waals surface area contributed by atoms with Crippen molar-refractivity contribution in [2.75, 3.05) is 35.2 Å². The summed E-state index contributed by atoms with van der Waals surface area (Å²) in [6.07, 6.45) is -4.82. The van der Waals surface area contributed by atoms with Crippen molar-refractivity contribution in [3.05, 3.63) is 41.7 Å². The molecule has 0 aliphatic carbocycles. The summed E-state index contributed by atoms with van der Waals surface area (Å²) < 4.78 is 69.5. The molecule has 3 aromatic rings. The lowest BCUT2D eigenvalue weighted by atomic mass is 10.2. The van der Waals surface area contributed by atoms with Gasteiger partial charge in [-0.15, -0.1) is 0 Å². The molecule has 192 valence electrons. The number of alkyl halides is 3. The van der Waals surface area contributed by atoms with E-state index in [0.717, 1.165) is 18.2 Å². The molecule has 36 heavy (non-hydrogen) atoms. The van der Waals surface area contributed by atoms with E-state index in [-0.39, 0.29) is 34.6 Å². The maximum absolute atomic E-state index is 14.3. The van der Waals surface area contributed by atoms with E-state index in [1.54, 1.807) is 0 Å². The van der Waals surface area contributed by atoms with Gasteiger partial charge in [-0.2, -0.15) is 18.3 Å². The van der Waals surface area contributed by atoms with Crippen LogP contribution >= 0.6 is 11.3 Å². The van der Waals surface area contributed by atoms with Crippen LogP contribution < -0.4 is 20.9 Å². The number of benzene rings is 1. The summed E-state index contributed by atoms with van der Waals surface area (Å²) in [5.41, 5.74) is -0.988. The third kappa shape index (κ3) is 5.08. The van der Waals surface area contributed by atoms with Gasteiger partial charge in [0.05, 0.1) is 11.8 Å². The average molecular weight is 531 g/mol. The summed E-state index contributed by atoms with van der Waals surface area (Å²) in [7, 11) is 1.48. The number of carboxylic acid groups (broad SMARTS) is 1. The van der Waals surface area contributed by atoms with Crippen molar-refractivity contribution in [1.29, 1.82) is 0 Å². The van der Waals surface area contributed by atoms with Gasteiger partial charge in [0.1, 0.15) is 33.4 Å². The van der Waals surface area contributed by atoms with Crippen molar-refractivity contribution >= 4 is 39.8 Å². The Bertz CT molecular complexity index is 1290. The van der Waals surface area contributed by atoms with E-state index < -0.39 is 53.7 Å². The van der Waals surface area contributed by atoms with E-state index in [1.807, 2.05) is 5.32 Å². The van der Waals surface area contributed by atoms with E-state index in [1.165, 1.54) is 22.8 Å². The van der Waals surface area contributed by atoms with Crippen LogP contribution in [0.2, 0.25) is 0 Å². The molecule has 4 rings (SSSR count). The highest BCUT2D eigenvalue weighted by Gasteiger charge is 2.42. The van der Waals surface area contributed by atoms with Crippen LogP contribution in [0.25, 0.3) is 10.6 Å². The Morgan fingerprint density at radius 3 is 2.56 bits per heavy atom. The quantitative estimate of drug-likeness (QED) is 0.372. The van der Waals surface area contributed by atoms with Crippen LogP contribution in [0.1, 0.15) is 10.5 Å². The summed E-state index contributed by atoms with van der Waals surface area (Å²) in [6, 6.07) is 1.30. The van der Waals surface area contributed by atoms with Crippen molar-refractivity contribution in [3.63, 3.8) is 0 Å². The van der Waals surface area contributed by atoms with Crippen LogP contribution in [0, 0.1) is 11.6 Å². The molecule has 1 aromatic carbocycles. The first-order valence-electron chi connectivity index (χ1n) is 10.3. The molecule has 0 radical (unpaired) electrons. The van der Waals surface area contributed by atoms with Gasteiger partial charge in [-0.05, 0) is 12.1 Å². The highest BCUT2D eigenvalue weighted by Crippen LogP contribution is 2.36. The number of nitrogens with zero attached hydrogens (tertiary/aromatic N) is 4. The molecule has 3 heterocycles. The van der Waals surface area contributed by atoms with Crippen LogP contribution in [0.3, 0.4) is 0 Å². The van der Waals surface area contributed by atoms with Crippen LogP contribution in [-0.2, 0) is 7.05 Å². The Hall–Kier alpha value is -3.79. The Morgan fingerprint density at radius 2 is 1.92 bits per heavy atom. The number of piperazine rings is 1. The van der Waals surface area contributed by atoms with Gasteiger partial charge in [0.15, 0.2) is 11.5 Å². The number of amides is 2. The van der Waals surface area contributed by atoms with Crippen molar-refractivity contribution in [3.8, 4) is 10.6 Å². The van der Waals surface area contributed by atoms with Gasteiger partial charge in [0.2, 0.25) is 0 Å². The minimum absolute atomic E-state index is 0.0269. The van der Waals surface area contributed by atoms with Crippen molar-refractivity contribution in [1.82, 2.24) is 20.1 Å². The fourth-order valence-corrected chi connectivity index (χ4v) is 4.70. The van der Waals surface area contributed by atoms with E-state index >= 15 is 0 Å². The normalized spacial score (nSPS) is 16.2.